The molecule has 2 aliphatic rings. The van der Waals surface area contributed by atoms with Gasteiger partial charge in [-0.1, -0.05) is 15.9 Å². The number of hydrogen-bond acceptors (Lipinski definition) is 4. The van der Waals surface area contributed by atoms with Crippen LogP contribution in [0.15, 0.2) is 22.7 Å². The number of hydrogen-bond donors (Lipinski definition) is 2. The Morgan fingerprint density at radius 1 is 1.48 bits per heavy atom. The summed E-state index contributed by atoms with van der Waals surface area (Å²) in [4.78, 5) is 11.6. The zero-order chi connectivity index (χ0) is 15.5. The molecular weight excluding hydrogens is 345 g/mol. The molecule has 0 aliphatic carbocycles. The van der Waals surface area contributed by atoms with E-state index in [9.17, 15) is 9.18 Å². The van der Waals surface area contributed by atoms with E-state index < -0.39 is 11.6 Å². The lowest BCUT2D eigenvalue weighted by Gasteiger charge is -2.46. The molecule has 1 amide bonds. The first kappa shape index (κ1) is 16.2. The molecule has 2 unspecified atom stereocenters. The fourth-order valence-corrected chi connectivity index (χ4v) is 3.15. The summed E-state index contributed by atoms with van der Waals surface area (Å²) in [7, 11) is 1.00. The van der Waals surface area contributed by atoms with Gasteiger partial charge < -0.3 is 19.9 Å². The maximum atomic E-state index is 14.2. The average Bonchev–Trinajstić information content (AvgIpc) is 2.51. The molecule has 116 valence electrons. The number of carbonyl (C=O) groups is 1. The zero-order valence-electron chi connectivity index (χ0n) is 11.6. The number of cyclic esters (lactones) is 1. The highest BCUT2D eigenvalue weighted by molar-refractivity contribution is 9.10. The Bertz CT molecular complexity index is 528. The summed E-state index contributed by atoms with van der Waals surface area (Å²) in [6.07, 6.45) is 0.202. The standard InChI is InChI=1S/C13H13BrFNO3.CH4O/c14-9-1-2-11(15)10(5-9)13-7-18-4-3-8(13)6-19-12(17)16-13;1-2/h1-2,5,8H,3-4,6-7H2,(H,16,17);2H,1H3. The first-order valence-corrected chi connectivity index (χ1v) is 7.34. The molecule has 1 aromatic rings. The third kappa shape index (κ3) is 3.04. The largest absolute Gasteiger partial charge is 0.449 e. The van der Waals surface area contributed by atoms with E-state index in [0.717, 1.165) is 18.0 Å². The van der Waals surface area contributed by atoms with Gasteiger partial charge in [-0.15, -0.1) is 0 Å². The van der Waals surface area contributed by atoms with Crippen molar-refractivity contribution in [2.75, 3.05) is 26.9 Å². The van der Waals surface area contributed by atoms with Gasteiger partial charge in [-0.05, 0) is 24.6 Å². The summed E-state index contributed by atoms with van der Waals surface area (Å²) < 4.78 is 25.5. The first-order valence-electron chi connectivity index (χ1n) is 6.55. The van der Waals surface area contributed by atoms with E-state index in [4.69, 9.17) is 14.6 Å². The van der Waals surface area contributed by atoms with Crippen molar-refractivity contribution in [3.63, 3.8) is 0 Å². The molecule has 0 aromatic heterocycles. The first-order chi connectivity index (χ1) is 10.1. The summed E-state index contributed by atoms with van der Waals surface area (Å²) in [6, 6.07) is 4.72. The van der Waals surface area contributed by atoms with Crippen LogP contribution in [0.4, 0.5) is 9.18 Å². The van der Waals surface area contributed by atoms with Gasteiger partial charge in [0.2, 0.25) is 0 Å². The molecule has 0 saturated carbocycles. The minimum absolute atomic E-state index is 0.0164. The molecule has 0 bridgehead atoms. The van der Waals surface area contributed by atoms with Gasteiger partial charge in [0.15, 0.2) is 0 Å². The summed E-state index contributed by atoms with van der Waals surface area (Å²) in [6.45, 7) is 1.16. The van der Waals surface area contributed by atoms with Crippen molar-refractivity contribution in [2.24, 2.45) is 5.92 Å². The molecule has 2 fully saturated rings. The second kappa shape index (κ2) is 6.72. The van der Waals surface area contributed by atoms with Crippen LogP contribution in [0.3, 0.4) is 0 Å². The zero-order valence-corrected chi connectivity index (χ0v) is 13.2. The lowest BCUT2D eigenvalue weighted by atomic mass is 9.75. The number of aliphatic hydroxyl groups is 1. The molecule has 2 aliphatic heterocycles. The fraction of sp³-hybridized carbons (Fsp3) is 0.500. The highest BCUT2D eigenvalue weighted by Gasteiger charge is 2.49. The summed E-state index contributed by atoms with van der Waals surface area (Å²) >= 11 is 3.34. The lowest BCUT2D eigenvalue weighted by Crippen LogP contribution is -2.61. The average molecular weight is 362 g/mol. The van der Waals surface area contributed by atoms with Crippen molar-refractivity contribution in [3.05, 3.63) is 34.1 Å². The molecule has 5 nitrogen and oxygen atoms in total. The van der Waals surface area contributed by atoms with Crippen LogP contribution < -0.4 is 5.32 Å². The molecule has 0 spiro atoms. The molecule has 2 N–H and O–H groups in total. The number of rotatable bonds is 1. The Morgan fingerprint density at radius 2 is 2.24 bits per heavy atom. The van der Waals surface area contributed by atoms with Crippen molar-refractivity contribution in [1.82, 2.24) is 5.32 Å². The normalized spacial score (nSPS) is 27.6. The van der Waals surface area contributed by atoms with Gasteiger partial charge in [-0.25, -0.2) is 9.18 Å². The summed E-state index contributed by atoms with van der Waals surface area (Å²) in [5.41, 5.74) is -0.384. The lowest BCUT2D eigenvalue weighted by molar-refractivity contribution is -0.0656. The van der Waals surface area contributed by atoms with Gasteiger partial charge in [-0.3, -0.25) is 0 Å². The maximum absolute atomic E-state index is 14.2. The minimum Gasteiger partial charge on any atom is -0.449 e. The smallest absolute Gasteiger partial charge is 0.407 e. The summed E-state index contributed by atoms with van der Waals surface area (Å²) in [5, 5.41) is 9.77. The number of aliphatic hydroxyl groups excluding tert-OH is 1. The SMILES string of the molecule is CO.O=C1NC2(c3cc(Br)ccc3F)COCCC2CO1. The van der Waals surface area contributed by atoms with Crippen molar-refractivity contribution in [3.8, 4) is 0 Å². The van der Waals surface area contributed by atoms with Gasteiger partial charge in [0.25, 0.3) is 0 Å². The van der Waals surface area contributed by atoms with Crippen LogP contribution in [0, 0.1) is 11.7 Å². The van der Waals surface area contributed by atoms with Gasteiger partial charge in [0.1, 0.15) is 11.4 Å². The molecule has 7 heteroatoms. The number of alkyl carbamates (subject to hydrolysis) is 1. The van der Waals surface area contributed by atoms with Gasteiger partial charge in [0, 0.05) is 29.7 Å². The van der Waals surface area contributed by atoms with Crippen molar-refractivity contribution in [2.45, 2.75) is 12.0 Å². The van der Waals surface area contributed by atoms with E-state index >= 15 is 0 Å². The summed E-state index contributed by atoms with van der Waals surface area (Å²) in [5.74, 6) is -0.330. The van der Waals surface area contributed by atoms with Gasteiger partial charge in [0.05, 0.1) is 13.2 Å². The Hall–Kier alpha value is -1.18. The van der Waals surface area contributed by atoms with Crippen LogP contribution >= 0.6 is 15.9 Å². The minimum atomic E-state index is -0.832. The van der Waals surface area contributed by atoms with Crippen LogP contribution in [0.2, 0.25) is 0 Å². The molecule has 2 atom stereocenters. The van der Waals surface area contributed by atoms with Crippen LogP contribution in [0.1, 0.15) is 12.0 Å². The molecular formula is C14H17BrFNO4. The molecule has 1 aromatic carbocycles. The quantitative estimate of drug-likeness (QED) is 0.804. The van der Waals surface area contributed by atoms with Crippen LogP contribution in [-0.4, -0.2) is 38.1 Å². The van der Waals surface area contributed by atoms with Gasteiger partial charge >= 0.3 is 6.09 Å². The number of amides is 1. The van der Waals surface area contributed by atoms with Crippen LogP contribution in [-0.2, 0) is 15.0 Å². The Balaban J connectivity index is 0.000000774. The second-order valence-electron chi connectivity index (χ2n) is 4.86. The van der Waals surface area contributed by atoms with E-state index in [0.29, 0.717) is 18.8 Å². The van der Waals surface area contributed by atoms with Crippen LogP contribution in [0.5, 0.6) is 0 Å². The monoisotopic (exact) mass is 361 g/mol. The van der Waals surface area contributed by atoms with Gasteiger partial charge in [-0.2, -0.15) is 0 Å². The van der Waals surface area contributed by atoms with E-state index in [1.165, 1.54) is 6.07 Å². The Morgan fingerprint density at radius 3 is 3.00 bits per heavy atom. The fourth-order valence-electron chi connectivity index (χ4n) is 2.79. The number of nitrogens with one attached hydrogen (secondary N) is 1. The van der Waals surface area contributed by atoms with Crippen molar-refractivity contribution < 1.29 is 23.8 Å². The van der Waals surface area contributed by atoms with E-state index in [2.05, 4.69) is 21.2 Å². The second-order valence-corrected chi connectivity index (χ2v) is 5.77. The number of halogens is 2. The Kier molecular flexibility index (Phi) is 5.18. The predicted molar refractivity (Wildman–Crippen MR) is 77.3 cm³/mol. The molecule has 21 heavy (non-hydrogen) atoms. The molecule has 2 heterocycles. The third-order valence-electron chi connectivity index (χ3n) is 3.79. The third-order valence-corrected chi connectivity index (χ3v) is 4.28. The number of carbonyl (C=O) groups excluding carboxylic acids is 1. The van der Waals surface area contributed by atoms with E-state index in [1.54, 1.807) is 12.1 Å². The number of ether oxygens (including phenoxy) is 2. The Labute approximate surface area is 130 Å². The van der Waals surface area contributed by atoms with E-state index in [1.807, 2.05) is 0 Å². The molecule has 3 rings (SSSR count). The van der Waals surface area contributed by atoms with Crippen LogP contribution in [0.25, 0.3) is 0 Å². The number of benzene rings is 1. The van der Waals surface area contributed by atoms with Crippen molar-refractivity contribution in [1.29, 1.82) is 0 Å². The molecule has 0 radical (unpaired) electrons. The highest BCUT2D eigenvalue weighted by Crippen LogP contribution is 2.40. The maximum Gasteiger partial charge on any atom is 0.407 e. The predicted octanol–water partition coefficient (Wildman–Crippen LogP) is 2.17. The van der Waals surface area contributed by atoms with E-state index in [-0.39, 0.29) is 18.3 Å². The van der Waals surface area contributed by atoms with Crippen molar-refractivity contribution >= 4 is 22.0 Å². The molecule has 2 saturated heterocycles. The number of fused-ring (bicyclic) bond motifs is 1. The highest BCUT2D eigenvalue weighted by atomic mass is 79.9. The topological polar surface area (TPSA) is 67.8 Å².